The van der Waals surface area contributed by atoms with E-state index in [-0.39, 0.29) is 36.0 Å². The van der Waals surface area contributed by atoms with Crippen molar-refractivity contribution in [2.45, 2.75) is 6.42 Å². The number of nitrogens with zero attached hydrogens (tertiary/aromatic N) is 1. The van der Waals surface area contributed by atoms with Gasteiger partial charge in [-0.1, -0.05) is 0 Å². The van der Waals surface area contributed by atoms with Gasteiger partial charge in [0, 0.05) is 19.0 Å². The molecule has 1 fully saturated rings. The molecule has 0 bridgehead atoms. The summed E-state index contributed by atoms with van der Waals surface area (Å²) < 4.78 is 0. The lowest BCUT2D eigenvalue weighted by Crippen LogP contribution is -2.24. The first-order valence-corrected chi connectivity index (χ1v) is 5.52. The molecule has 1 unspecified atom stereocenters. The van der Waals surface area contributed by atoms with Crippen LogP contribution in [0.4, 0.5) is 11.4 Å². The van der Waals surface area contributed by atoms with Gasteiger partial charge in [0.1, 0.15) is 5.75 Å². The lowest BCUT2D eigenvalue weighted by atomic mass is 10.1. The highest BCUT2D eigenvalue weighted by Crippen LogP contribution is 2.28. The van der Waals surface area contributed by atoms with Crippen LogP contribution in [-0.2, 0) is 9.59 Å². The van der Waals surface area contributed by atoms with E-state index in [1.165, 1.54) is 12.1 Å². The third-order valence-corrected chi connectivity index (χ3v) is 2.80. The Labute approximate surface area is 107 Å². The molecule has 2 rings (SSSR count). The molecule has 2 amide bonds. The van der Waals surface area contributed by atoms with Crippen molar-refractivity contribution in [3.8, 4) is 5.75 Å². The minimum absolute atomic E-state index is 0.0787. The number of rotatable bonds is 3. The number of hydrogen-bond donors (Lipinski definition) is 3. The molecule has 3 N–H and O–H groups in total. The summed E-state index contributed by atoms with van der Waals surface area (Å²) in [7, 11) is 0. The first-order valence-electron chi connectivity index (χ1n) is 5.52. The van der Waals surface area contributed by atoms with Crippen LogP contribution in [0.25, 0.3) is 0 Å². The summed E-state index contributed by atoms with van der Waals surface area (Å²) in [6, 6.07) is 3.37. The minimum atomic E-state index is -0.648. The van der Waals surface area contributed by atoms with E-state index < -0.39 is 16.7 Å². The number of amides is 2. The van der Waals surface area contributed by atoms with Crippen molar-refractivity contribution in [1.82, 2.24) is 5.32 Å². The summed E-state index contributed by atoms with van der Waals surface area (Å²) in [5.74, 6) is -1.50. The van der Waals surface area contributed by atoms with Crippen LogP contribution in [0.3, 0.4) is 0 Å². The van der Waals surface area contributed by atoms with Crippen molar-refractivity contribution in [2.75, 3.05) is 11.9 Å². The molecule has 0 radical (unpaired) electrons. The zero-order valence-electron chi connectivity index (χ0n) is 9.75. The number of carbonyl (C=O) groups excluding carboxylic acids is 2. The molecule has 1 heterocycles. The van der Waals surface area contributed by atoms with Crippen molar-refractivity contribution in [3.63, 3.8) is 0 Å². The third kappa shape index (κ3) is 2.79. The van der Waals surface area contributed by atoms with E-state index in [0.717, 1.165) is 6.07 Å². The van der Waals surface area contributed by atoms with Gasteiger partial charge in [-0.25, -0.2) is 0 Å². The van der Waals surface area contributed by atoms with Crippen molar-refractivity contribution >= 4 is 23.2 Å². The average molecular weight is 265 g/mol. The van der Waals surface area contributed by atoms with Gasteiger partial charge in [-0.05, 0) is 6.07 Å². The van der Waals surface area contributed by atoms with Gasteiger partial charge in [0.05, 0.1) is 22.6 Å². The Morgan fingerprint density at radius 2 is 2.26 bits per heavy atom. The van der Waals surface area contributed by atoms with Crippen molar-refractivity contribution in [2.24, 2.45) is 5.92 Å². The average Bonchev–Trinajstić information content (AvgIpc) is 2.78. The van der Waals surface area contributed by atoms with Crippen molar-refractivity contribution in [3.05, 3.63) is 28.3 Å². The number of aromatic hydroxyl groups is 1. The monoisotopic (exact) mass is 265 g/mol. The van der Waals surface area contributed by atoms with Crippen LogP contribution < -0.4 is 10.6 Å². The molecule has 8 heteroatoms. The summed E-state index contributed by atoms with van der Waals surface area (Å²) in [5.41, 5.74) is -0.192. The predicted molar refractivity (Wildman–Crippen MR) is 64.5 cm³/mol. The highest BCUT2D eigenvalue weighted by molar-refractivity contribution is 5.98. The SMILES string of the molecule is O=C1CC(C(=O)Nc2ccc([N+](=O)[O-])cc2O)CN1. The van der Waals surface area contributed by atoms with Gasteiger partial charge in [-0.3, -0.25) is 19.7 Å². The minimum Gasteiger partial charge on any atom is -0.506 e. The number of nitro benzene ring substituents is 1. The number of benzene rings is 1. The third-order valence-electron chi connectivity index (χ3n) is 2.80. The molecular formula is C11H11N3O5. The Kier molecular flexibility index (Phi) is 3.32. The van der Waals surface area contributed by atoms with Crippen LogP contribution in [0, 0.1) is 16.0 Å². The van der Waals surface area contributed by atoms with E-state index >= 15 is 0 Å². The number of hydrogen-bond acceptors (Lipinski definition) is 5. The fourth-order valence-corrected chi connectivity index (χ4v) is 1.76. The van der Waals surface area contributed by atoms with Gasteiger partial charge >= 0.3 is 0 Å². The first kappa shape index (κ1) is 12.8. The number of nitrogens with one attached hydrogen (secondary N) is 2. The predicted octanol–water partition coefficient (Wildman–Crippen LogP) is 0.375. The topological polar surface area (TPSA) is 122 Å². The Balaban J connectivity index is 2.09. The smallest absolute Gasteiger partial charge is 0.273 e. The van der Waals surface area contributed by atoms with Gasteiger partial charge in [0.25, 0.3) is 5.69 Å². The summed E-state index contributed by atoms with van der Waals surface area (Å²) in [5, 5.41) is 25.0. The molecule has 1 atom stereocenters. The van der Waals surface area contributed by atoms with Crippen LogP contribution in [0.15, 0.2) is 18.2 Å². The van der Waals surface area contributed by atoms with E-state index in [2.05, 4.69) is 10.6 Å². The van der Waals surface area contributed by atoms with E-state index in [0.29, 0.717) is 0 Å². The standard InChI is InChI=1S/C11H11N3O5/c15-9-4-7(14(18)19)1-2-8(9)13-11(17)6-3-10(16)12-5-6/h1-2,4,6,15H,3,5H2,(H,12,16)(H,13,17). The molecule has 1 aromatic rings. The summed E-state index contributed by atoms with van der Waals surface area (Å²) >= 11 is 0. The van der Waals surface area contributed by atoms with Gasteiger partial charge in [0.2, 0.25) is 11.8 Å². The van der Waals surface area contributed by atoms with Crippen molar-refractivity contribution in [1.29, 1.82) is 0 Å². The number of non-ortho nitro benzene ring substituents is 1. The Morgan fingerprint density at radius 1 is 1.53 bits per heavy atom. The van der Waals surface area contributed by atoms with Crippen LogP contribution >= 0.6 is 0 Å². The molecule has 0 spiro atoms. The Hall–Kier alpha value is -2.64. The maximum atomic E-state index is 11.8. The maximum Gasteiger partial charge on any atom is 0.273 e. The summed E-state index contributed by atoms with van der Waals surface area (Å²) in [4.78, 5) is 32.6. The normalized spacial score (nSPS) is 17.9. The second-order valence-electron chi connectivity index (χ2n) is 4.15. The highest BCUT2D eigenvalue weighted by atomic mass is 16.6. The van der Waals surface area contributed by atoms with E-state index in [1.807, 2.05) is 0 Å². The van der Waals surface area contributed by atoms with Gasteiger partial charge in [-0.2, -0.15) is 0 Å². The molecule has 1 aromatic carbocycles. The van der Waals surface area contributed by atoms with E-state index in [4.69, 9.17) is 0 Å². The molecule has 100 valence electrons. The fourth-order valence-electron chi connectivity index (χ4n) is 1.76. The van der Waals surface area contributed by atoms with Crippen LogP contribution in [0.5, 0.6) is 5.75 Å². The Bertz CT molecular complexity index is 557. The molecule has 1 saturated heterocycles. The quantitative estimate of drug-likeness (QED) is 0.414. The molecule has 1 aliphatic rings. The highest BCUT2D eigenvalue weighted by Gasteiger charge is 2.28. The molecule has 0 saturated carbocycles. The van der Waals surface area contributed by atoms with Gasteiger partial charge in [-0.15, -0.1) is 0 Å². The molecular weight excluding hydrogens is 254 g/mol. The molecule has 0 aliphatic carbocycles. The number of nitro groups is 1. The summed E-state index contributed by atoms with van der Waals surface area (Å²) in [6.45, 7) is 0.248. The molecule has 8 nitrogen and oxygen atoms in total. The second-order valence-corrected chi connectivity index (χ2v) is 4.15. The van der Waals surface area contributed by atoms with E-state index in [9.17, 15) is 24.8 Å². The summed E-state index contributed by atoms with van der Waals surface area (Å²) in [6.07, 6.45) is 0.0968. The second kappa shape index (κ2) is 4.92. The Morgan fingerprint density at radius 3 is 2.79 bits per heavy atom. The number of carbonyl (C=O) groups is 2. The van der Waals surface area contributed by atoms with Crippen LogP contribution in [0.1, 0.15) is 6.42 Å². The van der Waals surface area contributed by atoms with E-state index in [1.54, 1.807) is 0 Å². The number of anilines is 1. The van der Waals surface area contributed by atoms with Gasteiger partial charge in [0.15, 0.2) is 0 Å². The van der Waals surface area contributed by atoms with Crippen LogP contribution in [0.2, 0.25) is 0 Å². The maximum absolute atomic E-state index is 11.8. The molecule has 0 aromatic heterocycles. The largest absolute Gasteiger partial charge is 0.506 e. The van der Waals surface area contributed by atoms with Crippen LogP contribution in [-0.4, -0.2) is 28.4 Å². The lowest BCUT2D eigenvalue weighted by molar-refractivity contribution is -0.384. The molecule has 1 aliphatic heterocycles. The number of phenolic OH excluding ortho intramolecular Hbond substituents is 1. The lowest BCUT2D eigenvalue weighted by Gasteiger charge is -2.10. The van der Waals surface area contributed by atoms with Crippen molar-refractivity contribution < 1.29 is 19.6 Å². The zero-order valence-corrected chi connectivity index (χ0v) is 9.75. The first-order chi connectivity index (χ1) is 8.97. The number of phenols is 1. The molecule has 19 heavy (non-hydrogen) atoms. The van der Waals surface area contributed by atoms with Gasteiger partial charge < -0.3 is 15.7 Å². The zero-order chi connectivity index (χ0) is 14.0. The fraction of sp³-hybridized carbons (Fsp3) is 0.273.